The maximum absolute atomic E-state index is 12.5. The minimum Gasteiger partial charge on any atom is -0.330 e. The normalized spacial score (nSPS) is 25.7. The molecule has 2 aliphatic heterocycles. The maximum Gasteiger partial charge on any atom is 0.282 e. The fourth-order valence-corrected chi connectivity index (χ4v) is 4.59. The van der Waals surface area contributed by atoms with Crippen molar-refractivity contribution in [3.63, 3.8) is 0 Å². The zero-order chi connectivity index (χ0) is 14.6. The molecule has 0 spiro atoms. The first-order chi connectivity index (χ1) is 9.54. The Morgan fingerprint density at radius 1 is 0.950 bits per heavy atom. The maximum atomic E-state index is 12.5. The first-order valence-electron chi connectivity index (χ1n) is 7.71. The van der Waals surface area contributed by atoms with Gasteiger partial charge >= 0.3 is 0 Å². The molecule has 2 fully saturated rings. The van der Waals surface area contributed by atoms with Crippen molar-refractivity contribution >= 4 is 10.2 Å². The van der Waals surface area contributed by atoms with Gasteiger partial charge in [0.15, 0.2) is 0 Å². The van der Waals surface area contributed by atoms with Crippen LogP contribution in [0.4, 0.5) is 0 Å². The van der Waals surface area contributed by atoms with Gasteiger partial charge in [0.2, 0.25) is 0 Å². The lowest BCUT2D eigenvalue weighted by atomic mass is 10.1. The molecule has 2 saturated heterocycles. The van der Waals surface area contributed by atoms with E-state index in [4.69, 9.17) is 5.73 Å². The van der Waals surface area contributed by atoms with Gasteiger partial charge < -0.3 is 10.6 Å². The van der Waals surface area contributed by atoms with Crippen molar-refractivity contribution in [2.24, 2.45) is 11.7 Å². The molecular weight excluding hydrogens is 276 g/mol. The summed E-state index contributed by atoms with van der Waals surface area (Å²) in [7, 11) is -3.23. The van der Waals surface area contributed by atoms with Crippen LogP contribution < -0.4 is 5.73 Å². The van der Waals surface area contributed by atoms with Crippen molar-refractivity contribution in [3.8, 4) is 0 Å². The van der Waals surface area contributed by atoms with E-state index in [-0.39, 0.29) is 0 Å². The van der Waals surface area contributed by atoms with E-state index < -0.39 is 10.2 Å². The number of hydrogen-bond donors (Lipinski definition) is 1. The van der Waals surface area contributed by atoms with Gasteiger partial charge in [-0.25, -0.2) is 0 Å². The van der Waals surface area contributed by atoms with Crippen LogP contribution in [-0.2, 0) is 10.2 Å². The summed E-state index contributed by atoms with van der Waals surface area (Å²) >= 11 is 0. The van der Waals surface area contributed by atoms with E-state index in [1.807, 2.05) is 0 Å². The van der Waals surface area contributed by atoms with E-state index in [1.54, 1.807) is 8.61 Å². The predicted molar refractivity (Wildman–Crippen MR) is 80.6 cm³/mol. The van der Waals surface area contributed by atoms with E-state index in [0.717, 1.165) is 38.9 Å². The molecule has 0 saturated carbocycles. The summed E-state index contributed by atoms with van der Waals surface area (Å²) < 4.78 is 28.4. The highest BCUT2D eigenvalue weighted by Crippen LogP contribution is 2.18. The van der Waals surface area contributed by atoms with Crippen molar-refractivity contribution in [1.82, 2.24) is 13.5 Å². The second kappa shape index (κ2) is 7.17. The third-order valence-electron chi connectivity index (χ3n) is 4.27. The minimum absolute atomic E-state index is 0.472. The van der Waals surface area contributed by atoms with Crippen molar-refractivity contribution in [2.45, 2.75) is 26.2 Å². The molecule has 7 heteroatoms. The van der Waals surface area contributed by atoms with Crippen LogP contribution in [0.5, 0.6) is 0 Å². The van der Waals surface area contributed by atoms with Crippen LogP contribution in [0.1, 0.15) is 26.2 Å². The largest absolute Gasteiger partial charge is 0.330 e. The molecule has 118 valence electrons. The van der Waals surface area contributed by atoms with E-state index >= 15 is 0 Å². The fourth-order valence-electron chi connectivity index (χ4n) is 2.92. The Morgan fingerprint density at radius 2 is 1.50 bits per heavy atom. The number of hydrogen-bond acceptors (Lipinski definition) is 4. The summed E-state index contributed by atoms with van der Waals surface area (Å²) in [6, 6.07) is 0. The molecule has 0 aromatic heterocycles. The highest BCUT2D eigenvalue weighted by Gasteiger charge is 2.32. The summed E-state index contributed by atoms with van der Waals surface area (Å²) in [5.74, 6) is 0.472. The second-order valence-electron chi connectivity index (χ2n) is 6.01. The van der Waals surface area contributed by atoms with Crippen LogP contribution in [0.3, 0.4) is 0 Å². The van der Waals surface area contributed by atoms with Gasteiger partial charge in [0.25, 0.3) is 10.2 Å². The monoisotopic (exact) mass is 304 g/mol. The lowest BCUT2D eigenvalue weighted by molar-refractivity contribution is 0.162. The number of piperidine rings is 1. The predicted octanol–water partition coefficient (Wildman–Crippen LogP) is -0.0705. The number of nitrogens with zero attached hydrogens (tertiary/aromatic N) is 3. The Kier molecular flexibility index (Phi) is 5.80. The molecule has 1 atom stereocenters. The zero-order valence-electron chi connectivity index (χ0n) is 12.5. The van der Waals surface area contributed by atoms with Crippen molar-refractivity contribution in [1.29, 1.82) is 0 Å². The van der Waals surface area contributed by atoms with Gasteiger partial charge in [0.1, 0.15) is 0 Å². The Balaban J connectivity index is 1.86. The van der Waals surface area contributed by atoms with Crippen LogP contribution in [0.2, 0.25) is 0 Å². The number of piperazine rings is 1. The molecule has 2 N–H and O–H groups in total. The first-order valence-corrected chi connectivity index (χ1v) is 9.11. The third-order valence-corrected chi connectivity index (χ3v) is 6.31. The van der Waals surface area contributed by atoms with Crippen molar-refractivity contribution in [2.75, 3.05) is 52.4 Å². The van der Waals surface area contributed by atoms with Crippen LogP contribution in [0, 0.1) is 5.92 Å². The molecular formula is C13H28N4O2S. The molecule has 6 nitrogen and oxygen atoms in total. The van der Waals surface area contributed by atoms with Gasteiger partial charge in [0.05, 0.1) is 0 Å². The first kappa shape index (κ1) is 16.2. The average Bonchev–Trinajstić information content (AvgIpc) is 2.48. The summed E-state index contributed by atoms with van der Waals surface area (Å²) in [5.41, 5.74) is 5.64. The molecule has 20 heavy (non-hydrogen) atoms. The highest BCUT2D eigenvalue weighted by molar-refractivity contribution is 7.86. The van der Waals surface area contributed by atoms with Gasteiger partial charge in [0, 0.05) is 45.8 Å². The lowest BCUT2D eigenvalue weighted by Crippen LogP contribution is -2.54. The van der Waals surface area contributed by atoms with E-state index in [9.17, 15) is 8.42 Å². The molecule has 0 aliphatic carbocycles. The third kappa shape index (κ3) is 3.92. The molecule has 2 rings (SSSR count). The Hall–Kier alpha value is -0.210. The van der Waals surface area contributed by atoms with Gasteiger partial charge in [-0.3, -0.25) is 0 Å². The summed E-state index contributed by atoms with van der Waals surface area (Å²) in [6.07, 6.45) is 3.14. The molecule has 0 amide bonds. The molecule has 0 bridgehead atoms. The highest BCUT2D eigenvalue weighted by atomic mass is 32.2. The zero-order valence-corrected chi connectivity index (χ0v) is 13.3. The van der Waals surface area contributed by atoms with E-state index in [0.29, 0.717) is 38.6 Å². The molecule has 2 aliphatic rings. The van der Waals surface area contributed by atoms with Gasteiger partial charge in [-0.15, -0.1) is 0 Å². The Morgan fingerprint density at radius 3 is 2.05 bits per heavy atom. The van der Waals surface area contributed by atoms with Crippen molar-refractivity contribution in [3.05, 3.63) is 0 Å². The molecule has 0 aromatic rings. The summed E-state index contributed by atoms with van der Waals surface area (Å²) in [6.45, 7) is 8.01. The van der Waals surface area contributed by atoms with Crippen molar-refractivity contribution < 1.29 is 8.42 Å². The van der Waals surface area contributed by atoms with E-state index in [1.165, 1.54) is 0 Å². The summed E-state index contributed by atoms with van der Waals surface area (Å²) in [4.78, 5) is 2.32. The van der Waals surface area contributed by atoms with Crippen LogP contribution in [-0.4, -0.2) is 74.3 Å². The summed E-state index contributed by atoms with van der Waals surface area (Å²) in [5, 5.41) is 0. The van der Waals surface area contributed by atoms with Crippen LogP contribution in [0.15, 0.2) is 0 Å². The van der Waals surface area contributed by atoms with Crippen LogP contribution in [0.25, 0.3) is 0 Å². The SMILES string of the molecule is CC(CN)CN1CCN(S(=O)(=O)N2CCCCC2)CC1. The van der Waals surface area contributed by atoms with Crippen LogP contribution >= 0.6 is 0 Å². The Labute approximate surface area is 123 Å². The molecule has 1 unspecified atom stereocenters. The topological polar surface area (TPSA) is 69.9 Å². The minimum atomic E-state index is -3.23. The molecule has 2 heterocycles. The van der Waals surface area contributed by atoms with E-state index in [2.05, 4.69) is 11.8 Å². The second-order valence-corrected chi connectivity index (χ2v) is 7.94. The number of rotatable bonds is 5. The van der Waals surface area contributed by atoms with Gasteiger partial charge in [-0.2, -0.15) is 17.0 Å². The molecule has 0 radical (unpaired) electrons. The Bertz CT molecular complexity index is 387. The van der Waals surface area contributed by atoms with Gasteiger partial charge in [-0.1, -0.05) is 13.3 Å². The average molecular weight is 304 g/mol. The molecule has 0 aromatic carbocycles. The lowest BCUT2D eigenvalue weighted by Gasteiger charge is -2.38. The number of nitrogens with two attached hydrogens (primary N) is 1. The quantitative estimate of drug-likeness (QED) is 0.772. The van der Waals surface area contributed by atoms with Gasteiger partial charge in [-0.05, 0) is 25.3 Å². The smallest absolute Gasteiger partial charge is 0.282 e. The standard InChI is InChI=1S/C13H28N4O2S/c1-13(11-14)12-15-7-9-17(10-8-15)20(18,19)16-5-3-2-4-6-16/h13H,2-12,14H2,1H3. The fraction of sp³-hybridized carbons (Fsp3) is 1.00.